The van der Waals surface area contributed by atoms with Crippen LogP contribution < -0.4 is 10.5 Å². The number of allylic oxidation sites excluding steroid dienone is 1. The van der Waals surface area contributed by atoms with E-state index in [4.69, 9.17) is 33.7 Å². The van der Waals surface area contributed by atoms with Gasteiger partial charge >= 0.3 is 0 Å². The number of hydrogen-bond donors (Lipinski definition) is 1. The van der Waals surface area contributed by atoms with E-state index in [1.54, 1.807) is 12.2 Å². The summed E-state index contributed by atoms with van der Waals surface area (Å²) in [6, 6.07) is 9.42. The molecular weight excluding hydrogens is 245 g/mol. The Balaban J connectivity index is 2.16. The number of nitrogens with two attached hydrogens (primary N) is 1. The third-order valence-electron chi connectivity index (χ3n) is 2.18. The summed E-state index contributed by atoms with van der Waals surface area (Å²) in [6.45, 7) is 0. The van der Waals surface area contributed by atoms with Crippen molar-refractivity contribution in [3.05, 3.63) is 53.3 Å². The SMILES string of the molecule is N[C@]1(Cl)C=CC(Oc2ccccc2)=C(Cl)C1. The third kappa shape index (κ3) is 2.79. The lowest BCUT2D eigenvalue weighted by molar-refractivity contribution is 0.433. The lowest BCUT2D eigenvalue weighted by Crippen LogP contribution is -2.32. The van der Waals surface area contributed by atoms with Gasteiger partial charge in [0.05, 0.1) is 5.03 Å². The van der Waals surface area contributed by atoms with E-state index in [1.165, 1.54) is 0 Å². The van der Waals surface area contributed by atoms with E-state index in [-0.39, 0.29) is 0 Å². The van der Waals surface area contributed by atoms with Crippen LogP contribution in [-0.2, 0) is 0 Å². The van der Waals surface area contributed by atoms with E-state index in [0.717, 1.165) is 5.75 Å². The zero-order valence-corrected chi connectivity index (χ0v) is 10.0. The van der Waals surface area contributed by atoms with Gasteiger partial charge < -0.3 is 10.5 Å². The molecule has 2 nitrogen and oxygen atoms in total. The highest BCUT2D eigenvalue weighted by molar-refractivity contribution is 6.32. The van der Waals surface area contributed by atoms with Crippen LogP contribution in [0.3, 0.4) is 0 Å². The number of ether oxygens (including phenoxy) is 1. The van der Waals surface area contributed by atoms with E-state index in [0.29, 0.717) is 17.2 Å². The molecule has 0 spiro atoms. The molecule has 0 saturated carbocycles. The van der Waals surface area contributed by atoms with E-state index in [1.807, 2.05) is 30.3 Å². The predicted octanol–water partition coefficient (Wildman–Crippen LogP) is 3.37. The largest absolute Gasteiger partial charge is 0.456 e. The lowest BCUT2D eigenvalue weighted by Gasteiger charge is -2.22. The van der Waals surface area contributed by atoms with Gasteiger partial charge in [0.1, 0.15) is 16.5 Å². The molecule has 0 amide bonds. The highest BCUT2D eigenvalue weighted by Gasteiger charge is 2.25. The number of benzene rings is 1. The zero-order chi connectivity index (χ0) is 11.6. The van der Waals surface area contributed by atoms with Crippen molar-refractivity contribution in [2.75, 3.05) is 0 Å². The molecule has 1 atom stereocenters. The molecule has 4 heteroatoms. The number of halogens is 2. The minimum absolute atomic E-state index is 0.370. The Hall–Kier alpha value is -0.960. The Kier molecular flexibility index (Phi) is 3.24. The molecule has 0 aliphatic heterocycles. The number of rotatable bonds is 2. The van der Waals surface area contributed by atoms with Crippen LogP contribution in [0, 0.1) is 0 Å². The number of para-hydroxylation sites is 1. The zero-order valence-electron chi connectivity index (χ0n) is 8.49. The van der Waals surface area contributed by atoms with Crippen molar-refractivity contribution in [1.82, 2.24) is 0 Å². The van der Waals surface area contributed by atoms with Crippen LogP contribution in [-0.4, -0.2) is 5.00 Å². The molecule has 84 valence electrons. The molecular formula is C12H11Cl2NO. The topological polar surface area (TPSA) is 35.2 Å². The van der Waals surface area contributed by atoms with Gasteiger partial charge in [0, 0.05) is 6.42 Å². The van der Waals surface area contributed by atoms with Gasteiger partial charge in [-0.15, -0.1) is 0 Å². The van der Waals surface area contributed by atoms with Gasteiger partial charge in [0.2, 0.25) is 0 Å². The van der Waals surface area contributed by atoms with Gasteiger partial charge in [-0.2, -0.15) is 0 Å². The maximum atomic E-state index is 6.06. The van der Waals surface area contributed by atoms with Gasteiger partial charge in [-0.3, -0.25) is 0 Å². The first-order valence-electron chi connectivity index (χ1n) is 4.85. The van der Waals surface area contributed by atoms with Gasteiger partial charge in [-0.05, 0) is 24.3 Å². The van der Waals surface area contributed by atoms with Crippen LogP contribution in [0.2, 0.25) is 0 Å². The second kappa shape index (κ2) is 4.50. The number of hydrogen-bond acceptors (Lipinski definition) is 2. The molecule has 2 rings (SSSR count). The van der Waals surface area contributed by atoms with Crippen LogP contribution in [0.25, 0.3) is 0 Å². The van der Waals surface area contributed by atoms with Crippen LogP contribution in [0.5, 0.6) is 5.75 Å². The summed E-state index contributed by atoms with van der Waals surface area (Å²) in [4.78, 5) is -0.902. The summed E-state index contributed by atoms with van der Waals surface area (Å²) in [6.07, 6.45) is 3.75. The summed E-state index contributed by atoms with van der Waals surface area (Å²) in [5, 5.41) is 0.531. The summed E-state index contributed by atoms with van der Waals surface area (Å²) in [5.41, 5.74) is 5.73. The molecule has 1 aliphatic rings. The minimum Gasteiger partial charge on any atom is -0.456 e. The summed E-state index contributed by atoms with van der Waals surface area (Å²) >= 11 is 12.0. The van der Waals surface area contributed by atoms with Crippen molar-refractivity contribution in [2.24, 2.45) is 5.73 Å². The second-order valence-corrected chi connectivity index (χ2v) is 4.78. The smallest absolute Gasteiger partial charge is 0.141 e. The average Bonchev–Trinajstić information content (AvgIpc) is 2.23. The van der Waals surface area contributed by atoms with Crippen molar-refractivity contribution in [2.45, 2.75) is 11.4 Å². The van der Waals surface area contributed by atoms with E-state index in [2.05, 4.69) is 0 Å². The quantitative estimate of drug-likeness (QED) is 0.650. The molecule has 0 saturated heterocycles. The van der Waals surface area contributed by atoms with Crippen LogP contribution in [0.15, 0.2) is 53.3 Å². The van der Waals surface area contributed by atoms with E-state index < -0.39 is 5.00 Å². The second-order valence-electron chi connectivity index (χ2n) is 3.62. The molecule has 0 radical (unpaired) electrons. The van der Waals surface area contributed by atoms with Crippen LogP contribution >= 0.6 is 23.2 Å². The van der Waals surface area contributed by atoms with Crippen molar-refractivity contribution in [3.63, 3.8) is 0 Å². The molecule has 1 aromatic carbocycles. The average molecular weight is 256 g/mol. The molecule has 2 N–H and O–H groups in total. The molecule has 1 aliphatic carbocycles. The Morgan fingerprint density at radius 3 is 2.56 bits per heavy atom. The molecule has 1 aromatic rings. The Bertz CT molecular complexity index is 438. The predicted molar refractivity (Wildman–Crippen MR) is 66.5 cm³/mol. The Labute approximate surface area is 104 Å². The van der Waals surface area contributed by atoms with Crippen LogP contribution in [0.1, 0.15) is 6.42 Å². The Morgan fingerprint density at radius 2 is 1.94 bits per heavy atom. The first-order valence-corrected chi connectivity index (χ1v) is 5.61. The van der Waals surface area contributed by atoms with Crippen molar-refractivity contribution < 1.29 is 4.74 Å². The minimum atomic E-state index is -0.902. The fraction of sp³-hybridized carbons (Fsp3) is 0.167. The molecule has 0 fully saturated rings. The molecule has 0 unspecified atom stereocenters. The first-order chi connectivity index (χ1) is 7.57. The normalized spacial score (nSPS) is 24.7. The van der Waals surface area contributed by atoms with Gasteiger partial charge in [0.15, 0.2) is 0 Å². The lowest BCUT2D eigenvalue weighted by atomic mass is 10.1. The number of alkyl halides is 1. The third-order valence-corrected chi connectivity index (χ3v) is 2.76. The summed E-state index contributed by atoms with van der Waals surface area (Å²) in [7, 11) is 0. The van der Waals surface area contributed by atoms with E-state index >= 15 is 0 Å². The van der Waals surface area contributed by atoms with Gasteiger partial charge in [-0.1, -0.05) is 41.4 Å². The summed E-state index contributed by atoms with van der Waals surface area (Å²) in [5.74, 6) is 1.33. The first kappa shape index (κ1) is 11.5. The fourth-order valence-electron chi connectivity index (χ4n) is 1.39. The standard InChI is InChI=1S/C12H11Cl2NO/c13-10-8-12(14,15)7-6-11(10)16-9-4-2-1-3-5-9/h1-7H,8,15H2/t12-/m1/s1. The highest BCUT2D eigenvalue weighted by atomic mass is 35.5. The van der Waals surface area contributed by atoms with Gasteiger partial charge in [-0.25, -0.2) is 0 Å². The maximum Gasteiger partial charge on any atom is 0.141 e. The molecule has 0 heterocycles. The van der Waals surface area contributed by atoms with E-state index in [9.17, 15) is 0 Å². The van der Waals surface area contributed by atoms with Crippen molar-refractivity contribution in [3.8, 4) is 5.75 Å². The Morgan fingerprint density at radius 1 is 1.25 bits per heavy atom. The van der Waals surface area contributed by atoms with Crippen molar-refractivity contribution in [1.29, 1.82) is 0 Å². The maximum absolute atomic E-state index is 6.06. The molecule has 16 heavy (non-hydrogen) atoms. The summed E-state index contributed by atoms with van der Waals surface area (Å²) < 4.78 is 5.61. The van der Waals surface area contributed by atoms with Crippen LogP contribution in [0.4, 0.5) is 0 Å². The fourth-order valence-corrected chi connectivity index (χ4v) is 1.98. The molecule has 0 aromatic heterocycles. The monoisotopic (exact) mass is 255 g/mol. The highest BCUT2D eigenvalue weighted by Crippen LogP contribution is 2.31. The molecule has 0 bridgehead atoms. The van der Waals surface area contributed by atoms with Crippen molar-refractivity contribution >= 4 is 23.2 Å². The van der Waals surface area contributed by atoms with Gasteiger partial charge in [0.25, 0.3) is 0 Å².